The van der Waals surface area contributed by atoms with E-state index in [1.54, 1.807) is 6.07 Å². The Kier molecular flexibility index (Phi) is 4.32. The fourth-order valence-corrected chi connectivity index (χ4v) is 3.12. The van der Waals surface area contributed by atoms with E-state index in [0.29, 0.717) is 5.02 Å². The smallest absolute Gasteiger partial charge is 0.265 e. The van der Waals surface area contributed by atoms with Crippen molar-refractivity contribution >= 4 is 39.1 Å². The van der Waals surface area contributed by atoms with Gasteiger partial charge in [0.25, 0.3) is 15.9 Å². The van der Waals surface area contributed by atoms with E-state index < -0.39 is 15.9 Å². The molecule has 0 aliphatic heterocycles. The maximum atomic E-state index is 12.1. The van der Waals surface area contributed by atoms with Gasteiger partial charge in [-0.15, -0.1) is 0 Å². The Morgan fingerprint density at radius 3 is 2.15 bits per heavy atom. The molecule has 0 atom stereocenters. The highest BCUT2D eigenvalue weighted by Gasteiger charge is 2.20. The molecule has 0 spiro atoms. The van der Waals surface area contributed by atoms with Crippen LogP contribution in [-0.2, 0) is 10.0 Å². The Labute approximate surface area is 126 Å². The average Bonchev–Trinajstić information content (AvgIpc) is 2.39. The van der Waals surface area contributed by atoms with Gasteiger partial charge in [-0.25, -0.2) is 13.1 Å². The third kappa shape index (κ3) is 3.30. The first-order valence-corrected chi connectivity index (χ1v) is 7.71. The van der Waals surface area contributed by atoms with Gasteiger partial charge in [0.05, 0.1) is 5.02 Å². The normalized spacial score (nSPS) is 11.1. The molecule has 0 radical (unpaired) electrons. The molecule has 0 fully saturated rings. The summed E-state index contributed by atoms with van der Waals surface area (Å²) in [6, 6.07) is 11.7. The third-order valence-electron chi connectivity index (χ3n) is 2.46. The number of hydrogen-bond donors (Lipinski definition) is 1. The van der Waals surface area contributed by atoms with Gasteiger partial charge in [-0.1, -0.05) is 35.3 Å². The van der Waals surface area contributed by atoms with E-state index in [9.17, 15) is 13.2 Å². The van der Waals surface area contributed by atoms with Crippen LogP contribution >= 0.6 is 23.2 Å². The van der Waals surface area contributed by atoms with Gasteiger partial charge < -0.3 is 0 Å². The van der Waals surface area contributed by atoms with Crippen LogP contribution in [0.4, 0.5) is 0 Å². The van der Waals surface area contributed by atoms with Gasteiger partial charge in [-0.2, -0.15) is 0 Å². The Hall–Kier alpha value is -1.56. The summed E-state index contributed by atoms with van der Waals surface area (Å²) in [5.41, 5.74) is 0.185. The topological polar surface area (TPSA) is 63.2 Å². The van der Waals surface area contributed by atoms with E-state index in [0.717, 1.165) is 0 Å². The van der Waals surface area contributed by atoms with Gasteiger partial charge in [0.1, 0.15) is 4.90 Å². The summed E-state index contributed by atoms with van der Waals surface area (Å²) in [6.45, 7) is 0. The quantitative estimate of drug-likeness (QED) is 0.940. The zero-order chi connectivity index (χ0) is 14.8. The van der Waals surface area contributed by atoms with Crippen molar-refractivity contribution in [2.75, 3.05) is 0 Å². The Balaban J connectivity index is 2.27. The van der Waals surface area contributed by atoms with Gasteiger partial charge in [0, 0.05) is 10.6 Å². The third-order valence-corrected chi connectivity index (χ3v) is 4.54. The van der Waals surface area contributed by atoms with Crippen molar-refractivity contribution in [2.24, 2.45) is 0 Å². The lowest BCUT2D eigenvalue weighted by atomic mass is 10.2. The monoisotopic (exact) mass is 329 g/mol. The van der Waals surface area contributed by atoms with Crippen LogP contribution in [-0.4, -0.2) is 14.3 Å². The first-order chi connectivity index (χ1) is 9.40. The fraction of sp³-hybridized carbons (Fsp3) is 0. The molecule has 0 unspecified atom stereocenters. The standard InChI is InChI=1S/C13H9Cl2NO3S/c14-10-7-5-9(6-8-10)13(17)16-20(18,19)12-4-2-1-3-11(12)15/h1-8H,(H,16,17). The second kappa shape index (κ2) is 5.83. The van der Waals surface area contributed by atoms with Gasteiger partial charge >= 0.3 is 0 Å². The number of halogens is 2. The van der Waals surface area contributed by atoms with E-state index in [1.165, 1.54) is 42.5 Å². The van der Waals surface area contributed by atoms with Crippen LogP contribution in [0.3, 0.4) is 0 Å². The Bertz CT molecular complexity index is 742. The molecule has 0 aromatic heterocycles. The first kappa shape index (κ1) is 14.8. The zero-order valence-electron chi connectivity index (χ0n) is 10.0. The van der Waals surface area contributed by atoms with Crippen LogP contribution in [0.15, 0.2) is 53.4 Å². The van der Waals surface area contributed by atoms with Gasteiger partial charge in [-0.05, 0) is 36.4 Å². The molecule has 20 heavy (non-hydrogen) atoms. The second-order valence-corrected chi connectivity index (χ2v) is 6.37. The van der Waals surface area contributed by atoms with Crippen molar-refractivity contribution in [3.8, 4) is 0 Å². The van der Waals surface area contributed by atoms with Crippen molar-refractivity contribution in [2.45, 2.75) is 4.90 Å². The highest BCUT2D eigenvalue weighted by molar-refractivity contribution is 7.90. The van der Waals surface area contributed by atoms with Gasteiger partial charge in [0.15, 0.2) is 0 Å². The molecule has 0 bridgehead atoms. The summed E-state index contributed by atoms with van der Waals surface area (Å²) in [7, 11) is -4.01. The summed E-state index contributed by atoms with van der Waals surface area (Å²) in [6.07, 6.45) is 0. The molecular weight excluding hydrogens is 321 g/mol. The number of carbonyl (C=O) groups is 1. The van der Waals surface area contributed by atoms with Gasteiger partial charge in [0.2, 0.25) is 0 Å². The fourth-order valence-electron chi connectivity index (χ4n) is 1.50. The molecule has 2 aromatic carbocycles. The SMILES string of the molecule is O=C(NS(=O)(=O)c1ccccc1Cl)c1ccc(Cl)cc1. The van der Waals surface area contributed by atoms with Crippen LogP contribution in [0.25, 0.3) is 0 Å². The first-order valence-electron chi connectivity index (χ1n) is 5.47. The molecule has 1 N–H and O–H groups in total. The number of nitrogens with one attached hydrogen (secondary N) is 1. The minimum atomic E-state index is -4.01. The highest BCUT2D eigenvalue weighted by atomic mass is 35.5. The van der Waals surface area contributed by atoms with E-state index in [2.05, 4.69) is 0 Å². The van der Waals surface area contributed by atoms with E-state index in [1.807, 2.05) is 4.72 Å². The Morgan fingerprint density at radius 2 is 1.55 bits per heavy atom. The highest BCUT2D eigenvalue weighted by Crippen LogP contribution is 2.20. The lowest BCUT2D eigenvalue weighted by molar-refractivity contribution is 0.0981. The number of hydrogen-bond acceptors (Lipinski definition) is 3. The molecule has 0 aliphatic rings. The predicted molar refractivity (Wildman–Crippen MR) is 77.6 cm³/mol. The molecule has 0 saturated heterocycles. The van der Waals surface area contributed by atoms with Crippen molar-refractivity contribution < 1.29 is 13.2 Å². The van der Waals surface area contributed by atoms with Crippen LogP contribution in [0.1, 0.15) is 10.4 Å². The predicted octanol–water partition coefficient (Wildman–Crippen LogP) is 3.11. The maximum Gasteiger partial charge on any atom is 0.265 e. The minimum Gasteiger partial charge on any atom is -0.268 e. The molecule has 0 aliphatic carbocycles. The van der Waals surface area contributed by atoms with E-state index in [-0.39, 0.29) is 15.5 Å². The molecule has 4 nitrogen and oxygen atoms in total. The minimum absolute atomic E-state index is 0.0453. The van der Waals surface area contributed by atoms with Gasteiger partial charge in [-0.3, -0.25) is 4.79 Å². The molecule has 0 heterocycles. The van der Waals surface area contributed by atoms with Crippen molar-refractivity contribution in [1.82, 2.24) is 4.72 Å². The van der Waals surface area contributed by atoms with Crippen molar-refractivity contribution in [3.05, 3.63) is 64.1 Å². The molecule has 0 saturated carbocycles. The van der Waals surface area contributed by atoms with Crippen molar-refractivity contribution in [3.63, 3.8) is 0 Å². The molecule has 1 amide bonds. The summed E-state index contributed by atoms with van der Waals surface area (Å²) < 4.78 is 26.1. The summed E-state index contributed by atoms with van der Waals surface area (Å²) in [5, 5.41) is 0.499. The second-order valence-electron chi connectivity index (χ2n) is 3.87. The lowest BCUT2D eigenvalue weighted by Gasteiger charge is -2.08. The van der Waals surface area contributed by atoms with Crippen LogP contribution < -0.4 is 4.72 Å². The number of benzene rings is 2. The van der Waals surface area contributed by atoms with Crippen LogP contribution in [0, 0.1) is 0 Å². The van der Waals surface area contributed by atoms with Crippen molar-refractivity contribution in [1.29, 1.82) is 0 Å². The molecular formula is C13H9Cl2NO3S. The number of carbonyl (C=O) groups excluding carboxylic acids is 1. The van der Waals surface area contributed by atoms with Crippen LogP contribution in [0.2, 0.25) is 10.0 Å². The largest absolute Gasteiger partial charge is 0.268 e. The molecule has 104 valence electrons. The number of sulfonamides is 1. The summed E-state index contributed by atoms with van der Waals surface area (Å²) in [4.78, 5) is 11.7. The van der Waals surface area contributed by atoms with Crippen LogP contribution in [0.5, 0.6) is 0 Å². The molecule has 7 heteroatoms. The molecule has 2 rings (SSSR count). The lowest BCUT2D eigenvalue weighted by Crippen LogP contribution is -2.30. The maximum absolute atomic E-state index is 12.1. The van der Waals surface area contributed by atoms with E-state index >= 15 is 0 Å². The van der Waals surface area contributed by atoms with E-state index in [4.69, 9.17) is 23.2 Å². The number of rotatable bonds is 3. The summed E-state index contributed by atoms with van der Waals surface area (Å²) >= 11 is 11.5. The average molecular weight is 330 g/mol. The summed E-state index contributed by atoms with van der Waals surface area (Å²) in [5.74, 6) is -0.749. The zero-order valence-corrected chi connectivity index (χ0v) is 12.3. The Morgan fingerprint density at radius 1 is 0.950 bits per heavy atom. The molecule has 2 aromatic rings. The number of amides is 1.